The van der Waals surface area contributed by atoms with Gasteiger partial charge in [0.1, 0.15) is 23.3 Å². The van der Waals surface area contributed by atoms with Crippen molar-refractivity contribution in [3.63, 3.8) is 0 Å². The van der Waals surface area contributed by atoms with E-state index in [1.165, 1.54) is 48.7 Å². The number of hydrogen-bond acceptors (Lipinski definition) is 2. The first-order chi connectivity index (χ1) is 11.1. The zero-order valence-corrected chi connectivity index (χ0v) is 11.8. The molecular formula is C18H10F2N2O. The number of ketones is 1. The van der Waals surface area contributed by atoms with Gasteiger partial charge in [0, 0.05) is 22.7 Å². The lowest BCUT2D eigenvalue weighted by Gasteiger charge is -1.99. The molecule has 0 saturated heterocycles. The number of aromatic amines is 1. The van der Waals surface area contributed by atoms with Crippen LogP contribution in [-0.4, -0.2) is 10.8 Å². The largest absolute Gasteiger partial charge is 0.360 e. The minimum absolute atomic E-state index is 0.124. The van der Waals surface area contributed by atoms with Crippen molar-refractivity contribution >= 4 is 22.8 Å². The van der Waals surface area contributed by atoms with Gasteiger partial charge in [-0.25, -0.2) is 8.78 Å². The van der Waals surface area contributed by atoms with E-state index in [4.69, 9.17) is 0 Å². The van der Waals surface area contributed by atoms with Crippen molar-refractivity contribution in [3.8, 4) is 6.07 Å². The van der Waals surface area contributed by atoms with Crippen molar-refractivity contribution in [1.29, 1.82) is 5.26 Å². The van der Waals surface area contributed by atoms with Crippen molar-refractivity contribution in [2.75, 3.05) is 0 Å². The van der Waals surface area contributed by atoms with E-state index in [0.717, 1.165) is 0 Å². The summed E-state index contributed by atoms with van der Waals surface area (Å²) < 4.78 is 26.4. The van der Waals surface area contributed by atoms with Crippen LogP contribution in [0.15, 0.2) is 54.2 Å². The van der Waals surface area contributed by atoms with Crippen LogP contribution in [-0.2, 0) is 0 Å². The fourth-order valence-electron chi connectivity index (χ4n) is 2.34. The van der Waals surface area contributed by atoms with E-state index in [-0.39, 0.29) is 11.1 Å². The molecule has 1 heterocycles. The fraction of sp³-hybridized carbons (Fsp3) is 0. The Hall–Kier alpha value is -3.26. The highest BCUT2D eigenvalue weighted by Gasteiger charge is 2.17. The second-order valence-corrected chi connectivity index (χ2v) is 4.95. The Morgan fingerprint density at radius 3 is 2.65 bits per heavy atom. The monoisotopic (exact) mass is 308 g/mol. The first kappa shape index (κ1) is 14.7. The lowest BCUT2D eigenvalue weighted by molar-refractivity contribution is 0.104. The number of Topliss-reactive ketones (excluding diaryl/α,β-unsaturated/α-hetero) is 1. The maximum Gasteiger partial charge on any atom is 0.205 e. The van der Waals surface area contributed by atoms with Crippen LogP contribution in [0.2, 0.25) is 0 Å². The predicted octanol–water partition coefficient (Wildman–Crippen LogP) is 4.24. The van der Waals surface area contributed by atoms with Crippen molar-refractivity contribution in [2.45, 2.75) is 0 Å². The van der Waals surface area contributed by atoms with Crippen LogP contribution in [0.1, 0.15) is 15.9 Å². The molecule has 0 saturated carbocycles. The molecule has 0 aliphatic carbocycles. The molecular weight excluding hydrogens is 298 g/mol. The summed E-state index contributed by atoms with van der Waals surface area (Å²) in [5, 5.41) is 9.76. The number of nitrogens with zero attached hydrogens (tertiary/aromatic N) is 1. The van der Waals surface area contributed by atoms with Gasteiger partial charge in [0.15, 0.2) is 0 Å². The molecule has 3 aromatic rings. The standard InChI is InChI=1S/C18H10F2N2O/c19-13-3-1-2-11(7-13)6-12(9-21)18(23)16-10-22-17-8-14(20)4-5-15(16)17/h1-8,10,22H/b12-6-. The minimum atomic E-state index is -0.505. The number of nitriles is 1. The lowest BCUT2D eigenvalue weighted by atomic mass is 10.0. The Kier molecular flexibility index (Phi) is 3.73. The van der Waals surface area contributed by atoms with Gasteiger partial charge < -0.3 is 4.98 Å². The van der Waals surface area contributed by atoms with Gasteiger partial charge in [-0.3, -0.25) is 4.79 Å². The highest BCUT2D eigenvalue weighted by molar-refractivity contribution is 6.19. The van der Waals surface area contributed by atoms with Crippen molar-refractivity contribution < 1.29 is 13.6 Å². The van der Waals surface area contributed by atoms with Crippen LogP contribution < -0.4 is 0 Å². The summed E-state index contributed by atoms with van der Waals surface area (Å²) in [7, 11) is 0. The van der Waals surface area contributed by atoms with E-state index in [0.29, 0.717) is 16.5 Å². The Balaban J connectivity index is 2.04. The van der Waals surface area contributed by atoms with E-state index in [9.17, 15) is 18.8 Å². The first-order valence-electron chi connectivity index (χ1n) is 6.77. The number of carbonyl (C=O) groups excluding carboxylic acids is 1. The molecule has 112 valence electrons. The number of H-pyrrole nitrogens is 1. The average Bonchev–Trinajstić information content (AvgIpc) is 2.95. The Morgan fingerprint density at radius 2 is 1.91 bits per heavy atom. The SMILES string of the molecule is N#C/C(=C/c1cccc(F)c1)C(=O)c1c[nH]c2cc(F)ccc12. The number of hydrogen-bond donors (Lipinski definition) is 1. The summed E-state index contributed by atoms with van der Waals surface area (Å²) in [5.41, 5.74) is 1.03. The summed E-state index contributed by atoms with van der Waals surface area (Å²) in [6.07, 6.45) is 2.76. The van der Waals surface area contributed by atoms with Gasteiger partial charge in [-0.2, -0.15) is 5.26 Å². The number of benzene rings is 2. The van der Waals surface area contributed by atoms with Crippen LogP contribution in [0.25, 0.3) is 17.0 Å². The topological polar surface area (TPSA) is 56.6 Å². The molecule has 0 amide bonds. The summed E-state index contributed by atoms with van der Waals surface area (Å²) in [6, 6.07) is 11.4. The highest BCUT2D eigenvalue weighted by Crippen LogP contribution is 2.22. The molecule has 3 rings (SSSR count). The highest BCUT2D eigenvalue weighted by atomic mass is 19.1. The van der Waals surface area contributed by atoms with Gasteiger partial charge in [0.25, 0.3) is 0 Å². The normalized spacial score (nSPS) is 11.4. The van der Waals surface area contributed by atoms with Crippen LogP contribution in [0.5, 0.6) is 0 Å². The Bertz CT molecular complexity index is 980. The quantitative estimate of drug-likeness (QED) is 0.447. The molecule has 5 heteroatoms. The van der Waals surface area contributed by atoms with E-state index >= 15 is 0 Å². The third-order valence-corrected chi connectivity index (χ3v) is 3.41. The fourth-order valence-corrected chi connectivity index (χ4v) is 2.34. The summed E-state index contributed by atoms with van der Waals surface area (Å²) in [5.74, 6) is -1.38. The molecule has 3 nitrogen and oxygen atoms in total. The van der Waals surface area contributed by atoms with Gasteiger partial charge in [-0.1, -0.05) is 12.1 Å². The van der Waals surface area contributed by atoms with Gasteiger partial charge in [0.2, 0.25) is 5.78 Å². The maximum atomic E-state index is 13.2. The molecule has 0 spiro atoms. The number of carbonyl (C=O) groups is 1. The van der Waals surface area contributed by atoms with E-state index in [1.54, 1.807) is 6.07 Å². The summed E-state index contributed by atoms with van der Waals surface area (Å²) >= 11 is 0. The van der Waals surface area contributed by atoms with Gasteiger partial charge >= 0.3 is 0 Å². The third kappa shape index (κ3) is 2.87. The smallest absolute Gasteiger partial charge is 0.205 e. The van der Waals surface area contributed by atoms with Gasteiger partial charge in [-0.05, 0) is 42.0 Å². The summed E-state index contributed by atoms with van der Waals surface area (Å²) in [6.45, 7) is 0. The zero-order chi connectivity index (χ0) is 16.4. The molecule has 0 radical (unpaired) electrons. The molecule has 0 aliphatic heterocycles. The Labute approximate surface area is 130 Å². The van der Waals surface area contributed by atoms with Gasteiger partial charge in [0.05, 0.1) is 0 Å². The van der Waals surface area contributed by atoms with Crippen LogP contribution in [0, 0.1) is 23.0 Å². The Morgan fingerprint density at radius 1 is 1.13 bits per heavy atom. The van der Waals surface area contributed by atoms with Crippen molar-refractivity contribution in [2.24, 2.45) is 0 Å². The van der Waals surface area contributed by atoms with E-state index in [2.05, 4.69) is 4.98 Å². The zero-order valence-electron chi connectivity index (χ0n) is 11.8. The number of nitrogens with one attached hydrogen (secondary N) is 1. The van der Waals surface area contributed by atoms with Crippen molar-refractivity contribution in [3.05, 3.63) is 77.0 Å². The number of fused-ring (bicyclic) bond motifs is 1. The van der Waals surface area contributed by atoms with Crippen molar-refractivity contribution in [1.82, 2.24) is 4.98 Å². The molecule has 1 N–H and O–H groups in total. The molecule has 0 atom stereocenters. The molecule has 0 aliphatic rings. The van der Waals surface area contributed by atoms with Crippen LogP contribution in [0.3, 0.4) is 0 Å². The van der Waals surface area contributed by atoms with E-state index in [1.807, 2.05) is 6.07 Å². The molecule has 0 unspecified atom stereocenters. The summed E-state index contributed by atoms with van der Waals surface area (Å²) in [4.78, 5) is 15.3. The van der Waals surface area contributed by atoms with Crippen LogP contribution in [0.4, 0.5) is 8.78 Å². The molecule has 0 fully saturated rings. The first-order valence-corrected chi connectivity index (χ1v) is 6.77. The second-order valence-electron chi connectivity index (χ2n) is 4.95. The number of halogens is 2. The maximum absolute atomic E-state index is 13.2. The van der Waals surface area contributed by atoms with Gasteiger partial charge in [-0.15, -0.1) is 0 Å². The number of aromatic nitrogens is 1. The van der Waals surface area contributed by atoms with E-state index < -0.39 is 17.4 Å². The lowest BCUT2D eigenvalue weighted by Crippen LogP contribution is -2.01. The molecule has 1 aromatic heterocycles. The predicted molar refractivity (Wildman–Crippen MR) is 82.6 cm³/mol. The second kappa shape index (κ2) is 5.85. The van der Waals surface area contributed by atoms with Crippen LogP contribution >= 0.6 is 0 Å². The third-order valence-electron chi connectivity index (χ3n) is 3.41. The molecule has 0 bridgehead atoms. The average molecular weight is 308 g/mol. The molecule has 23 heavy (non-hydrogen) atoms. The number of rotatable bonds is 3. The molecule has 2 aromatic carbocycles. The minimum Gasteiger partial charge on any atom is -0.360 e. The number of allylic oxidation sites excluding steroid dienone is 1.